The molecule has 0 atom stereocenters. The van der Waals surface area contributed by atoms with Crippen LogP contribution in [0.5, 0.6) is 11.5 Å². The molecule has 2 aromatic carbocycles. The summed E-state index contributed by atoms with van der Waals surface area (Å²) < 4.78 is 10.3. The molecule has 2 aromatic rings. The number of benzene rings is 2. The minimum atomic E-state index is -0.181. The van der Waals surface area contributed by atoms with Gasteiger partial charge < -0.3 is 9.47 Å². The molecular formula is C22H26N4O4S. The number of thioether (sulfide) groups is 1. The van der Waals surface area contributed by atoms with E-state index in [0.29, 0.717) is 24.3 Å². The molecule has 2 N–H and O–H groups in total. The van der Waals surface area contributed by atoms with Gasteiger partial charge in [-0.25, -0.2) is 10.9 Å². The molecule has 0 saturated heterocycles. The molecule has 9 heteroatoms. The van der Waals surface area contributed by atoms with Crippen molar-refractivity contribution < 1.29 is 19.1 Å². The molecule has 0 aliphatic rings. The van der Waals surface area contributed by atoms with Gasteiger partial charge in [0.15, 0.2) is 0 Å². The maximum Gasteiger partial charge on any atom is 0.240 e. The van der Waals surface area contributed by atoms with Gasteiger partial charge in [-0.2, -0.15) is 22.0 Å². The zero-order valence-electron chi connectivity index (χ0n) is 17.5. The van der Waals surface area contributed by atoms with Crippen molar-refractivity contribution in [2.45, 2.75) is 12.8 Å². The lowest BCUT2D eigenvalue weighted by atomic mass is 10.2. The van der Waals surface area contributed by atoms with Gasteiger partial charge in [-0.1, -0.05) is 24.3 Å². The fraction of sp³-hybridized carbons (Fsp3) is 0.273. The van der Waals surface area contributed by atoms with E-state index in [2.05, 4.69) is 21.1 Å². The second-order valence-corrected chi connectivity index (χ2v) is 7.48. The van der Waals surface area contributed by atoms with E-state index < -0.39 is 0 Å². The number of hydrogen-bond donors (Lipinski definition) is 2. The Hall–Kier alpha value is -3.33. The first-order valence-electron chi connectivity index (χ1n) is 9.60. The number of hydrazone groups is 2. The molecule has 0 saturated carbocycles. The number of nitrogens with one attached hydrogen (secondary N) is 2. The third-order valence-corrected chi connectivity index (χ3v) is 4.93. The molecule has 31 heavy (non-hydrogen) atoms. The van der Waals surface area contributed by atoms with E-state index in [9.17, 15) is 9.59 Å². The maximum absolute atomic E-state index is 11.8. The standard InChI is InChI=1S/C22H26N4O4S/c1-29-19-7-3-5-17(13-19)15-23-25-21(27)9-11-31-12-10-22(28)26-24-16-18-6-4-8-20(14-18)30-2/h3-8,13-16H,9-12H2,1-2H3,(H,25,27)(H,26,28)/b23-15-,24-16+. The van der Waals surface area contributed by atoms with Crippen LogP contribution in [0.1, 0.15) is 24.0 Å². The maximum atomic E-state index is 11.8. The molecule has 0 fully saturated rings. The van der Waals surface area contributed by atoms with E-state index in [1.54, 1.807) is 26.6 Å². The molecule has 2 amide bonds. The summed E-state index contributed by atoms with van der Waals surface area (Å²) in [5.74, 6) is 2.28. The Morgan fingerprint density at radius 2 is 1.29 bits per heavy atom. The molecule has 2 rings (SSSR count). The van der Waals surface area contributed by atoms with Crippen molar-refractivity contribution >= 4 is 36.0 Å². The van der Waals surface area contributed by atoms with Crippen LogP contribution >= 0.6 is 11.8 Å². The van der Waals surface area contributed by atoms with Crippen molar-refractivity contribution in [2.75, 3.05) is 25.7 Å². The van der Waals surface area contributed by atoms with Crippen LogP contribution in [0.4, 0.5) is 0 Å². The van der Waals surface area contributed by atoms with E-state index >= 15 is 0 Å². The number of ether oxygens (including phenoxy) is 2. The zero-order chi connectivity index (χ0) is 22.3. The lowest BCUT2D eigenvalue weighted by Gasteiger charge is -2.02. The average molecular weight is 443 g/mol. The summed E-state index contributed by atoms with van der Waals surface area (Å²) in [5, 5.41) is 7.87. The van der Waals surface area contributed by atoms with Gasteiger partial charge in [0, 0.05) is 24.3 Å². The van der Waals surface area contributed by atoms with Gasteiger partial charge in [-0.3, -0.25) is 9.59 Å². The first kappa shape index (κ1) is 23.9. The lowest BCUT2D eigenvalue weighted by Crippen LogP contribution is -2.19. The van der Waals surface area contributed by atoms with Crippen molar-refractivity contribution in [2.24, 2.45) is 10.2 Å². The van der Waals surface area contributed by atoms with Gasteiger partial charge in [0.1, 0.15) is 11.5 Å². The number of hydrogen-bond acceptors (Lipinski definition) is 7. The van der Waals surface area contributed by atoms with Crippen molar-refractivity contribution in [3.05, 3.63) is 59.7 Å². The molecule has 0 aliphatic heterocycles. The Morgan fingerprint density at radius 1 is 0.839 bits per heavy atom. The van der Waals surface area contributed by atoms with E-state index in [1.807, 2.05) is 48.5 Å². The number of rotatable bonds is 12. The SMILES string of the molecule is COc1cccc(/C=N\NC(=O)CCSCCC(=O)N/N=C/c2cccc(OC)c2)c1. The highest BCUT2D eigenvalue weighted by Gasteiger charge is 2.03. The molecule has 0 unspecified atom stereocenters. The Balaban J connectivity index is 1.56. The number of carbonyl (C=O) groups excluding carboxylic acids is 2. The summed E-state index contributed by atoms with van der Waals surface area (Å²) in [4.78, 5) is 23.6. The highest BCUT2D eigenvalue weighted by atomic mass is 32.2. The number of amides is 2. The normalized spacial score (nSPS) is 10.9. The number of nitrogens with zero attached hydrogens (tertiary/aromatic N) is 2. The molecule has 164 valence electrons. The first-order valence-corrected chi connectivity index (χ1v) is 10.8. The molecular weight excluding hydrogens is 416 g/mol. The smallest absolute Gasteiger partial charge is 0.240 e. The van der Waals surface area contributed by atoms with E-state index in [1.165, 1.54) is 11.8 Å². The number of carbonyl (C=O) groups is 2. The highest BCUT2D eigenvalue weighted by Crippen LogP contribution is 2.11. The summed E-state index contributed by atoms with van der Waals surface area (Å²) in [6.07, 6.45) is 3.75. The van der Waals surface area contributed by atoms with Crippen LogP contribution in [0.25, 0.3) is 0 Å². The average Bonchev–Trinajstić information content (AvgIpc) is 2.79. The highest BCUT2D eigenvalue weighted by molar-refractivity contribution is 7.99. The predicted molar refractivity (Wildman–Crippen MR) is 124 cm³/mol. The minimum Gasteiger partial charge on any atom is -0.497 e. The Labute approximate surface area is 186 Å². The van der Waals surface area contributed by atoms with Crippen LogP contribution in [0.15, 0.2) is 58.7 Å². The summed E-state index contributed by atoms with van der Waals surface area (Å²) in [6.45, 7) is 0. The summed E-state index contributed by atoms with van der Waals surface area (Å²) in [7, 11) is 3.18. The van der Waals surface area contributed by atoms with Crippen molar-refractivity contribution in [1.29, 1.82) is 0 Å². The van der Waals surface area contributed by atoms with Crippen LogP contribution in [-0.2, 0) is 9.59 Å². The van der Waals surface area contributed by atoms with Crippen LogP contribution in [0, 0.1) is 0 Å². The molecule has 0 aromatic heterocycles. The number of methoxy groups -OCH3 is 2. The fourth-order valence-electron chi connectivity index (χ4n) is 2.34. The minimum absolute atomic E-state index is 0.181. The molecule has 0 radical (unpaired) electrons. The largest absolute Gasteiger partial charge is 0.497 e. The molecule has 0 heterocycles. The van der Waals surface area contributed by atoms with Gasteiger partial charge in [-0.15, -0.1) is 0 Å². The van der Waals surface area contributed by atoms with Crippen molar-refractivity contribution in [3.8, 4) is 11.5 Å². The van der Waals surface area contributed by atoms with Gasteiger partial charge >= 0.3 is 0 Å². The summed E-state index contributed by atoms with van der Waals surface area (Å²) >= 11 is 1.52. The summed E-state index contributed by atoms with van der Waals surface area (Å²) in [6, 6.07) is 14.7. The lowest BCUT2D eigenvalue weighted by molar-refractivity contribution is -0.121. The molecule has 0 bridgehead atoms. The second-order valence-electron chi connectivity index (χ2n) is 6.25. The van der Waals surface area contributed by atoms with E-state index in [0.717, 1.165) is 22.6 Å². The monoisotopic (exact) mass is 442 g/mol. The van der Waals surface area contributed by atoms with Gasteiger partial charge in [0.2, 0.25) is 11.8 Å². The quantitative estimate of drug-likeness (QED) is 0.299. The van der Waals surface area contributed by atoms with E-state index in [-0.39, 0.29) is 11.8 Å². The van der Waals surface area contributed by atoms with Gasteiger partial charge in [-0.05, 0) is 35.4 Å². The summed E-state index contributed by atoms with van der Waals surface area (Å²) in [5.41, 5.74) is 6.63. The zero-order valence-corrected chi connectivity index (χ0v) is 18.4. The third-order valence-electron chi connectivity index (χ3n) is 3.94. The predicted octanol–water partition coefficient (Wildman–Crippen LogP) is 2.82. The Morgan fingerprint density at radius 3 is 1.71 bits per heavy atom. The van der Waals surface area contributed by atoms with E-state index in [4.69, 9.17) is 9.47 Å². The second kappa shape index (κ2) is 13.8. The fourth-order valence-corrected chi connectivity index (χ4v) is 3.21. The Bertz CT molecular complexity index is 844. The topological polar surface area (TPSA) is 101 Å². The van der Waals surface area contributed by atoms with Crippen molar-refractivity contribution in [1.82, 2.24) is 10.9 Å². The Kier molecular flexibility index (Phi) is 10.7. The molecule has 0 spiro atoms. The third kappa shape index (κ3) is 9.81. The molecule has 8 nitrogen and oxygen atoms in total. The molecule has 0 aliphatic carbocycles. The van der Waals surface area contributed by atoms with Gasteiger partial charge in [0.25, 0.3) is 0 Å². The van der Waals surface area contributed by atoms with Crippen LogP contribution in [-0.4, -0.2) is 50.0 Å². The van der Waals surface area contributed by atoms with Crippen LogP contribution < -0.4 is 20.3 Å². The van der Waals surface area contributed by atoms with Gasteiger partial charge in [0.05, 0.1) is 26.6 Å². The van der Waals surface area contributed by atoms with Crippen LogP contribution in [0.3, 0.4) is 0 Å². The van der Waals surface area contributed by atoms with Crippen molar-refractivity contribution in [3.63, 3.8) is 0 Å². The van der Waals surface area contributed by atoms with Crippen LogP contribution in [0.2, 0.25) is 0 Å². The first-order chi connectivity index (χ1) is 15.1.